The molecule has 0 aromatic heterocycles. The highest BCUT2D eigenvalue weighted by Gasteiger charge is 2.46. The van der Waals surface area contributed by atoms with Gasteiger partial charge in [0, 0.05) is 11.3 Å². The summed E-state index contributed by atoms with van der Waals surface area (Å²) in [6, 6.07) is 8.74. The van der Waals surface area contributed by atoms with Gasteiger partial charge in [-0.2, -0.15) is 5.26 Å². The lowest BCUT2D eigenvalue weighted by atomic mass is 9.84. The quantitative estimate of drug-likeness (QED) is 0.680. The summed E-state index contributed by atoms with van der Waals surface area (Å²) in [5.74, 6) is -3.37. The Labute approximate surface area is 171 Å². The fourth-order valence-corrected chi connectivity index (χ4v) is 3.53. The van der Waals surface area contributed by atoms with Gasteiger partial charge in [0.2, 0.25) is 0 Å². The number of halogens is 1. The summed E-state index contributed by atoms with van der Waals surface area (Å²) < 4.78 is 19.8. The van der Waals surface area contributed by atoms with Crippen LogP contribution in [0.15, 0.2) is 36.4 Å². The van der Waals surface area contributed by atoms with Crippen LogP contribution >= 0.6 is 0 Å². The van der Waals surface area contributed by atoms with Gasteiger partial charge in [-0.05, 0) is 50.2 Å². The van der Waals surface area contributed by atoms with Crippen LogP contribution in [0.1, 0.15) is 41.4 Å². The van der Waals surface area contributed by atoms with E-state index in [1.54, 1.807) is 19.9 Å². The summed E-state index contributed by atoms with van der Waals surface area (Å²) in [6.07, 6.45) is -1.25. The molecule has 30 heavy (non-hydrogen) atoms. The molecule has 2 aromatic carbocycles. The first-order chi connectivity index (χ1) is 14.0. The Bertz CT molecular complexity index is 1060. The van der Waals surface area contributed by atoms with Crippen LogP contribution in [0, 0.1) is 17.1 Å². The molecule has 2 atom stereocenters. The van der Waals surface area contributed by atoms with E-state index in [4.69, 9.17) is 4.74 Å². The van der Waals surface area contributed by atoms with Crippen LogP contribution in [0.25, 0.3) is 0 Å². The smallest absolute Gasteiger partial charge is 0.338 e. The second-order valence-corrected chi connectivity index (χ2v) is 7.45. The van der Waals surface area contributed by atoms with Gasteiger partial charge >= 0.3 is 11.9 Å². The minimum Gasteiger partial charge on any atom is -0.485 e. The lowest BCUT2D eigenvalue weighted by Crippen LogP contribution is -2.54. The van der Waals surface area contributed by atoms with Crippen LogP contribution in [-0.2, 0) is 4.79 Å². The molecule has 0 saturated carbocycles. The number of anilines is 1. The van der Waals surface area contributed by atoms with Crippen molar-refractivity contribution in [2.45, 2.75) is 31.6 Å². The SMILES string of the molecule is CC1(C)Oc2ccc(C#N)cc2C(N(CC(=O)O)c2ccc(F)c(C(=O)O)c2)C1O. The number of aliphatic carboxylic acids is 1. The molecule has 9 heteroatoms. The van der Waals surface area contributed by atoms with Crippen LogP contribution < -0.4 is 9.64 Å². The Morgan fingerprint density at radius 3 is 2.53 bits per heavy atom. The van der Waals surface area contributed by atoms with Crippen LogP contribution in [0.4, 0.5) is 10.1 Å². The summed E-state index contributed by atoms with van der Waals surface area (Å²) in [5, 5.41) is 39.0. The van der Waals surface area contributed by atoms with Crippen LogP contribution in [-0.4, -0.2) is 45.5 Å². The third-order valence-corrected chi connectivity index (χ3v) is 5.00. The summed E-state index contributed by atoms with van der Waals surface area (Å²) in [5.41, 5.74) is -1.03. The van der Waals surface area contributed by atoms with E-state index < -0.39 is 47.6 Å². The summed E-state index contributed by atoms with van der Waals surface area (Å²) >= 11 is 0. The van der Waals surface area contributed by atoms with Gasteiger partial charge in [0.05, 0.1) is 23.2 Å². The second kappa shape index (κ2) is 7.65. The lowest BCUT2D eigenvalue weighted by molar-refractivity contribution is -0.135. The normalized spacial score (nSPS) is 19.2. The molecular formula is C21H19FN2O6. The molecule has 3 N–H and O–H groups in total. The predicted molar refractivity (Wildman–Crippen MR) is 103 cm³/mol. The molecule has 0 fully saturated rings. The zero-order chi connectivity index (χ0) is 22.2. The van der Waals surface area contributed by atoms with Crippen molar-refractivity contribution in [3.05, 3.63) is 58.9 Å². The first kappa shape index (κ1) is 21.1. The second-order valence-electron chi connectivity index (χ2n) is 7.45. The molecular weight excluding hydrogens is 395 g/mol. The number of carbonyl (C=O) groups is 2. The molecule has 0 spiro atoms. The molecule has 0 radical (unpaired) electrons. The maximum absolute atomic E-state index is 13.9. The maximum Gasteiger partial charge on any atom is 0.338 e. The largest absolute Gasteiger partial charge is 0.485 e. The van der Waals surface area contributed by atoms with Crippen LogP contribution in [0.2, 0.25) is 0 Å². The number of aliphatic hydroxyl groups excluding tert-OH is 1. The molecule has 3 rings (SSSR count). The Kier molecular flexibility index (Phi) is 5.37. The average Bonchev–Trinajstić information content (AvgIpc) is 2.67. The molecule has 0 saturated heterocycles. The molecule has 8 nitrogen and oxygen atoms in total. The number of aromatic carboxylic acids is 1. The van der Waals surface area contributed by atoms with Gasteiger partial charge in [-0.25, -0.2) is 9.18 Å². The number of aliphatic hydroxyl groups is 1. The monoisotopic (exact) mass is 414 g/mol. The van der Waals surface area contributed by atoms with Gasteiger partial charge < -0.3 is 25.0 Å². The Hall–Kier alpha value is -3.64. The number of ether oxygens (including phenoxy) is 1. The van der Waals surface area contributed by atoms with Crippen molar-refractivity contribution in [3.63, 3.8) is 0 Å². The fraction of sp³-hybridized carbons (Fsp3) is 0.286. The van der Waals surface area contributed by atoms with Crippen molar-refractivity contribution in [1.29, 1.82) is 5.26 Å². The van der Waals surface area contributed by atoms with Gasteiger partial charge in [0.1, 0.15) is 29.8 Å². The summed E-state index contributed by atoms with van der Waals surface area (Å²) in [7, 11) is 0. The van der Waals surface area contributed by atoms with Gasteiger partial charge in [0.15, 0.2) is 0 Å². The van der Waals surface area contributed by atoms with E-state index in [-0.39, 0.29) is 11.3 Å². The van der Waals surface area contributed by atoms with Crippen molar-refractivity contribution in [2.75, 3.05) is 11.4 Å². The molecule has 0 amide bonds. The van der Waals surface area contributed by atoms with E-state index in [1.165, 1.54) is 23.1 Å². The highest BCUT2D eigenvalue weighted by atomic mass is 19.1. The molecule has 156 valence electrons. The highest BCUT2D eigenvalue weighted by molar-refractivity contribution is 5.89. The lowest BCUT2D eigenvalue weighted by Gasteiger charge is -2.46. The van der Waals surface area contributed by atoms with Crippen molar-refractivity contribution in [3.8, 4) is 11.8 Å². The number of hydrogen-bond donors (Lipinski definition) is 3. The predicted octanol–water partition coefficient (Wildman–Crippen LogP) is 2.56. The Balaban J connectivity index is 2.23. The van der Waals surface area contributed by atoms with Gasteiger partial charge in [-0.1, -0.05) is 0 Å². The number of fused-ring (bicyclic) bond motifs is 1. The van der Waals surface area contributed by atoms with E-state index >= 15 is 0 Å². The topological polar surface area (TPSA) is 131 Å². The maximum atomic E-state index is 13.9. The summed E-state index contributed by atoms with van der Waals surface area (Å²) in [4.78, 5) is 24.2. The van der Waals surface area contributed by atoms with Gasteiger partial charge in [0.25, 0.3) is 0 Å². The first-order valence-corrected chi connectivity index (χ1v) is 8.97. The van der Waals surface area contributed by atoms with E-state index in [1.807, 2.05) is 6.07 Å². The molecule has 1 aliphatic heterocycles. The number of benzene rings is 2. The van der Waals surface area contributed by atoms with Crippen molar-refractivity contribution in [2.24, 2.45) is 0 Å². The van der Waals surface area contributed by atoms with Gasteiger partial charge in [-0.3, -0.25) is 4.79 Å². The van der Waals surface area contributed by atoms with E-state index in [0.29, 0.717) is 11.3 Å². The first-order valence-electron chi connectivity index (χ1n) is 8.97. The van der Waals surface area contributed by atoms with E-state index in [0.717, 1.165) is 12.1 Å². The number of hydrogen-bond acceptors (Lipinski definition) is 6. The molecule has 0 bridgehead atoms. The van der Waals surface area contributed by atoms with Crippen molar-refractivity contribution < 1.29 is 34.0 Å². The van der Waals surface area contributed by atoms with Gasteiger partial charge in [-0.15, -0.1) is 0 Å². The molecule has 2 unspecified atom stereocenters. The number of nitrogens with zero attached hydrogens (tertiary/aromatic N) is 2. The standard InChI is InChI=1S/C21H19FN2O6/c1-21(2)19(27)18(14-7-11(9-23)3-6-16(14)30-21)24(10-17(25)26)12-4-5-15(22)13(8-12)20(28)29/h3-8,18-19,27H,10H2,1-2H3,(H,25,26)(H,28,29). The zero-order valence-corrected chi connectivity index (χ0v) is 16.2. The van der Waals surface area contributed by atoms with Crippen LogP contribution in [0.3, 0.4) is 0 Å². The number of rotatable bonds is 5. The van der Waals surface area contributed by atoms with E-state index in [9.17, 15) is 34.6 Å². The molecule has 1 heterocycles. The third-order valence-electron chi connectivity index (χ3n) is 5.00. The minimum absolute atomic E-state index is 0.0891. The number of carboxylic acids is 2. The van der Waals surface area contributed by atoms with Crippen molar-refractivity contribution in [1.82, 2.24) is 0 Å². The molecule has 2 aromatic rings. The Morgan fingerprint density at radius 1 is 1.23 bits per heavy atom. The number of nitriles is 1. The molecule has 0 aliphatic carbocycles. The summed E-state index contributed by atoms with van der Waals surface area (Å²) in [6.45, 7) is 2.63. The number of carboxylic acid groups (broad SMARTS) is 2. The third kappa shape index (κ3) is 3.77. The Morgan fingerprint density at radius 2 is 1.93 bits per heavy atom. The zero-order valence-electron chi connectivity index (χ0n) is 16.2. The molecule has 1 aliphatic rings. The van der Waals surface area contributed by atoms with Crippen LogP contribution in [0.5, 0.6) is 5.75 Å². The minimum atomic E-state index is -1.51. The highest BCUT2D eigenvalue weighted by Crippen LogP contribution is 2.44. The average molecular weight is 414 g/mol. The fourth-order valence-electron chi connectivity index (χ4n) is 3.53. The van der Waals surface area contributed by atoms with E-state index in [2.05, 4.69) is 0 Å². The van der Waals surface area contributed by atoms with Crippen molar-refractivity contribution >= 4 is 17.6 Å².